The minimum absolute atomic E-state index is 0.00100. The van der Waals surface area contributed by atoms with E-state index in [1.807, 2.05) is 19.9 Å². The molecule has 0 bridgehead atoms. The number of sulfonamides is 1. The summed E-state index contributed by atoms with van der Waals surface area (Å²) in [6.45, 7) is 5.01. The third-order valence-electron chi connectivity index (χ3n) is 5.09. The van der Waals surface area contributed by atoms with E-state index in [1.54, 1.807) is 19.2 Å². The lowest BCUT2D eigenvalue weighted by Crippen LogP contribution is -2.34. The summed E-state index contributed by atoms with van der Waals surface area (Å²) in [5.41, 5.74) is 2.66. The van der Waals surface area contributed by atoms with Crippen LogP contribution in [0, 0.1) is 13.8 Å². The number of aryl methyl sites for hydroxylation is 2. The molecule has 29 heavy (non-hydrogen) atoms. The zero-order valence-electron chi connectivity index (χ0n) is 16.7. The lowest BCUT2D eigenvalue weighted by molar-refractivity contribution is 0.0587. The van der Waals surface area contributed by atoms with Gasteiger partial charge >= 0.3 is 0 Å². The van der Waals surface area contributed by atoms with E-state index >= 15 is 0 Å². The van der Waals surface area contributed by atoms with E-state index in [2.05, 4.69) is 4.72 Å². The SMILES string of the molecule is Cc1ccc(NS(=O)(=O)c2ccc(Cl)c(C(=O)N(C)CC3CCCO3)c2)cc1C. The van der Waals surface area contributed by atoms with Gasteiger partial charge in [0.1, 0.15) is 0 Å². The summed E-state index contributed by atoms with van der Waals surface area (Å²) in [7, 11) is -2.21. The van der Waals surface area contributed by atoms with Crippen molar-refractivity contribution in [1.82, 2.24) is 4.90 Å². The lowest BCUT2D eigenvalue weighted by atomic mass is 10.1. The van der Waals surface area contributed by atoms with Crippen molar-refractivity contribution in [2.24, 2.45) is 0 Å². The standard InChI is InChI=1S/C21H25ClN2O4S/c1-14-6-7-16(11-15(14)2)23-29(26,27)18-8-9-20(22)19(12-18)21(25)24(3)13-17-5-4-10-28-17/h6-9,11-12,17,23H,4-5,10,13H2,1-3H3. The molecule has 0 saturated carbocycles. The number of carbonyl (C=O) groups is 1. The van der Waals surface area contributed by atoms with Gasteiger partial charge in [0.15, 0.2) is 0 Å². The number of halogens is 1. The number of nitrogens with one attached hydrogen (secondary N) is 1. The van der Waals surface area contributed by atoms with Crippen molar-refractivity contribution in [3.63, 3.8) is 0 Å². The molecule has 1 atom stereocenters. The van der Waals surface area contributed by atoms with Crippen LogP contribution in [0.25, 0.3) is 0 Å². The van der Waals surface area contributed by atoms with E-state index in [0.717, 1.165) is 24.0 Å². The molecule has 0 spiro atoms. The van der Waals surface area contributed by atoms with E-state index in [4.69, 9.17) is 16.3 Å². The molecule has 0 radical (unpaired) electrons. The Morgan fingerprint density at radius 3 is 2.62 bits per heavy atom. The quantitative estimate of drug-likeness (QED) is 0.742. The van der Waals surface area contributed by atoms with Crippen LogP contribution < -0.4 is 4.72 Å². The van der Waals surface area contributed by atoms with Crippen molar-refractivity contribution in [2.75, 3.05) is 24.9 Å². The topological polar surface area (TPSA) is 75.7 Å². The van der Waals surface area contributed by atoms with Crippen molar-refractivity contribution in [3.05, 3.63) is 58.1 Å². The number of carbonyl (C=O) groups excluding carboxylic acids is 1. The number of ether oxygens (including phenoxy) is 1. The summed E-state index contributed by atoms with van der Waals surface area (Å²) in [4.78, 5) is 14.3. The molecular formula is C21H25ClN2O4S. The van der Waals surface area contributed by atoms with Crippen LogP contribution in [0.5, 0.6) is 0 Å². The Balaban J connectivity index is 1.82. The minimum Gasteiger partial charge on any atom is -0.376 e. The first-order valence-electron chi connectivity index (χ1n) is 9.44. The van der Waals surface area contributed by atoms with Gasteiger partial charge in [0.25, 0.3) is 15.9 Å². The summed E-state index contributed by atoms with van der Waals surface area (Å²) in [5.74, 6) is -0.339. The van der Waals surface area contributed by atoms with Crippen LogP contribution in [0.3, 0.4) is 0 Å². The number of hydrogen-bond donors (Lipinski definition) is 1. The second-order valence-electron chi connectivity index (χ2n) is 7.37. The third kappa shape index (κ3) is 5.10. The molecule has 0 aliphatic carbocycles. The highest BCUT2D eigenvalue weighted by Gasteiger charge is 2.24. The first-order valence-corrected chi connectivity index (χ1v) is 11.3. The van der Waals surface area contributed by atoms with Gasteiger partial charge in [-0.3, -0.25) is 9.52 Å². The average molecular weight is 437 g/mol. The predicted octanol–water partition coefficient (Wildman–Crippen LogP) is 4.01. The molecule has 6 nitrogen and oxygen atoms in total. The first-order chi connectivity index (χ1) is 13.7. The summed E-state index contributed by atoms with van der Waals surface area (Å²) < 4.78 is 33.8. The molecule has 1 heterocycles. The predicted molar refractivity (Wildman–Crippen MR) is 114 cm³/mol. The van der Waals surface area contributed by atoms with E-state index < -0.39 is 10.0 Å². The van der Waals surface area contributed by atoms with Crippen LogP contribution >= 0.6 is 11.6 Å². The van der Waals surface area contributed by atoms with Gasteiger partial charge in [-0.25, -0.2) is 8.42 Å². The Bertz CT molecular complexity index is 1020. The van der Waals surface area contributed by atoms with Gasteiger partial charge in [0.05, 0.1) is 21.6 Å². The van der Waals surface area contributed by atoms with Crippen LogP contribution in [0.4, 0.5) is 5.69 Å². The van der Waals surface area contributed by atoms with Crippen LogP contribution in [0.1, 0.15) is 34.3 Å². The molecule has 1 unspecified atom stereocenters. The van der Waals surface area contributed by atoms with Crippen molar-refractivity contribution < 1.29 is 17.9 Å². The number of nitrogens with zero attached hydrogens (tertiary/aromatic N) is 1. The molecule has 2 aromatic carbocycles. The maximum absolute atomic E-state index is 12.8. The van der Waals surface area contributed by atoms with Gasteiger partial charge in [-0.1, -0.05) is 17.7 Å². The van der Waals surface area contributed by atoms with Gasteiger partial charge in [-0.15, -0.1) is 0 Å². The van der Waals surface area contributed by atoms with Crippen LogP contribution in [-0.2, 0) is 14.8 Å². The highest BCUT2D eigenvalue weighted by atomic mass is 35.5. The fraction of sp³-hybridized carbons (Fsp3) is 0.381. The number of likely N-dealkylation sites (N-methyl/N-ethyl adjacent to an activating group) is 1. The van der Waals surface area contributed by atoms with Gasteiger partial charge in [0, 0.05) is 25.9 Å². The van der Waals surface area contributed by atoms with Crippen molar-refractivity contribution in [2.45, 2.75) is 37.7 Å². The van der Waals surface area contributed by atoms with E-state index in [0.29, 0.717) is 18.8 Å². The highest BCUT2D eigenvalue weighted by molar-refractivity contribution is 7.92. The second-order valence-corrected chi connectivity index (χ2v) is 9.46. The fourth-order valence-corrected chi connectivity index (χ4v) is 4.51. The minimum atomic E-state index is -3.87. The van der Waals surface area contributed by atoms with Crippen molar-refractivity contribution >= 4 is 33.2 Å². The van der Waals surface area contributed by atoms with E-state index in [-0.39, 0.29) is 27.5 Å². The lowest BCUT2D eigenvalue weighted by Gasteiger charge is -2.21. The van der Waals surface area contributed by atoms with Crippen molar-refractivity contribution in [1.29, 1.82) is 0 Å². The molecule has 156 valence electrons. The maximum Gasteiger partial charge on any atom is 0.261 e. The normalized spacial score (nSPS) is 16.6. The molecule has 1 saturated heterocycles. The Kier molecular flexibility index (Phi) is 6.51. The summed E-state index contributed by atoms with van der Waals surface area (Å²) in [6, 6.07) is 9.47. The van der Waals surface area contributed by atoms with Crippen LogP contribution in [0.2, 0.25) is 5.02 Å². The number of benzene rings is 2. The second kappa shape index (κ2) is 8.73. The number of hydrogen-bond acceptors (Lipinski definition) is 4. The molecular weight excluding hydrogens is 412 g/mol. The largest absolute Gasteiger partial charge is 0.376 e. The maximum atomic E-state index is 12.8. The Hall–Kier alpha value is -2.09. The van der Waals surface area contributed by atoms with Crippen LogP contribution in [0.15, 0.2) is 41.3 Å². The summed E-state index contributed by atoms with van der Waals surface area (Å²) in [6.07, 6.45) is 1.88. The molecule has 8 heteroatoms. The summed E-state index contributed by atoms with van der Waals surface area (Å²) >= 11 is 6.21. The van der Waals surface area contributed by atoms with Crippen LogP contribution in [-0.4, -0.2) is 45.5 Å². The van der Waals surface area contributed by atoms with E-state index in [1.165, 1.54) is 23.1 Å². The zero-order valence-corrected chi connectivity index (χ0v) is 18.3. The Morgan fingerprint density at radius 2 is 1.97 bits per heavy atom. The van der Waals surface area contributed by atoms with Gasteiger partial charge in [-0.05, 0) is 68.1 Å². The molecule has 1 fully saturated rings. The zero-order chi connectivity index (χ0) is 21.2. The number of rotatable bonds is 6. The molecule has 0 aromatic heterocycles. The monoisotopic (exact) mass is 436 g/mol. The van der Waals surface area contributed by atoms with Gasteiger partial charge in [0.2, 0.25) is 0 Å². The molecule has 3 rings (SSSR count). The highest BCUT2D eigenvalue weighted by Crippen LogP contribution is 2.25. The van der Waals surface area contributed by atoms with Crippen molar-refractivity contribution in [3.8, 4) is 0 Å². The van der Waals surface area contributed by atoms with E-state index in [9.17, 15) is 13.2 Å². The summed E-state index contributed by atoms with van der Waals surface area (Å²) in [5, 5.41) is 0.208. The third-order valence-corrected chi connectivity index (χ3v) is 6.79. The molecule has 1 aliphatic heterocycles. The Morgan fingerprint density at radius 1 is 1.21 bits per heavy atom. The fourth-order valence-electron chi connectivity index (χ4n) is 3.24. The molecule has 1 aliphatic rings. The number of amides is 1. The molecule has 1 amide bonds. The van der Waals surface area contributed by atoms with Gasteiger partial charge < -0.3 is 9.64 Å². The Labute approximate surface area is 176 Å². The number of anilines is 1. The first kappa shape index (κ1) is 21.6. The average Bonchev–Trinajstić information content (AvgIpc) is 3.17. The van der Waals surface area contributed by atoms with Gasteiger partial charge in [-0.2, -0.15) is 0 Å². The molecule has 1 N–H and O–H groups in total. The molecule has 2 aromatic rings. The smallest absolute Gasteiger partial charge is 0.261 e.